The van der Waals surface area contributed by atoms with Crippen LogP contribution in [0.2, 0.25) is 0 Å². The molecule has 7 heteroatoms. The molecule has 0 aromatic rings. The van der Waals surface area contributed by atoms with Gasteiger partial charge in [-0.15, -0.1) is 11.8 Å². The first-order valence-corrected chi connectivity index (χ1v) is 9.35. The molecular weight excluding hydrogens is 318 g/mol. The molecule has 0 aromatic carbocycles. The van der Waals surface area contributed by atoms with Crippen LogP contribution in [0.4, 0.5) is 0 Å². The highest BCUT2D eigenvalue weighted by Crippen LogP contribution is 2.30. The topological polar surface area (TPSA) is 84.9 Å². The fraction of sp³-hybridized carbons (Fsp3) is 0.875. The zero-order chi connectivity index (χ0) is 17.2. The summed E-state index contributed by atoms with van der Waals surface area (Å²) in [7, 11) is 0. The number of unbranched alkanes of at least 4 members (excludes halogenated alkanes) is 3. The lowest BCUT2D eigenvalue weighted by atomic mass is 10.0. The number of amides is 1. The largest absolute Gasteiger partial charge is 0.460 e. The highest BCUT2D eigenvalue weighted by molar-refractivity contribution is 7.99. The number of carbonyl (C=O) groups excluding carboxylic acids is 2. The van der Waals surface area contributed by atoms with E-state index in [9.17, 15) is 14.7 Å². The Morgan fingerprint density at radius 3 is 2.65 bits per heavy atom. The van der Waals surface area contributed by atoms with E-state index in [4.69, 9.17) is 9.47 Å². The number of hydrogen-bond donors (Lipinski definition) is 2. The number of ether oxygens (including phenoxy) is 2. The van der Waals surface area contributed by atoms with Crippen molar-refractivity contribution in [2.75, 3.05) is 12.3 Å². The van der Waals surface area contributed by atoms with Crippen molar-refractivity contribution in [2.45, 2.75) is 76.6 Å². The molecule has 0 saturated carbocycles. The molecule has 0 spiro atoms. The summed E-state index contributed by atoms with van der Waals surface area (Å²) < 4.78 is 11.1. The van der Waals surface area contributed by atoms with Crippen molar-refractivity contribution in [3.63, 3.8) is 0 Å². The van der Waals surface area contributed by atoms with E-state index in [2.05, 4.69) is 12.2 Å². The quantitative estimate of drug-likeness (QED) is 0.489. The summed E-state index contributed by atoms with van der Waals surface area (Å²) >= 11 is 1.55. The van der Waals surface area contributed by atoms with Gasteiger partial charge in [-0.2, -0.15) is 0 Å². The Bertz CT molecular complexity index is 379. The second kappa shape index (κ2) is 10.9. The van der Waals surface area contributed by atoms with Crippen LogP contribution in [0, 0.1) is 0 Å². The maximum atomic E-state index is 11.2. The van der Waals surface area contributed by atoms with Gasteiger partial charge < -0.3 is 19.9 Å². The Labute approximate surface area is 142 Å². The summed E-state index contributed by atoms with van der Waals surface area (Å²) in [5.41, 5.74) is -0.437. The van der Waals surface area contributed by atoms with Crippen molar-refractivity contribution < 1.29 is 24.2 Å². The predicted molar refractivity (Wildman–Crippen MR) is 90.1 cm³/mol. The van der Waals surface area contributed by atoms with Gasteiger partial charge in [-0.3, -0.25) is 9.59 Å². The monoisotopic (exact) mass is 347 g/mol. The van der Waals surface area contributed by atoms with Crippen LogP contribution in [-0.4, -0.2) is 53.0 Å². The fourth-order valence-electron chi connectivity index (χ4n) is 2.49. The van der Waals surface area contributed by atoms with Gasteiger partial charge in [0.05, 0.1) is 6.10 Å². The third-order valence-electron chi connectivity index (χ3n) is 3.66. The van der Waals surface area contributed by atoms with Crippen molar-refractivity contribution in [1.29, 1.82) is 0 Å². The summed E-state index contributed by atoms with van der Waals surface area (Å²) in [6.07, 6.45) is 3.30. The smallest absolute Gasteiger partial charge is 0.302 e. The minimum atomic E-state index is -0.844. The summed E-state index contributed by atoms with van der Waals surface area (Å²) in [6.45, 7) is 5.29. The minimum Gasteiger partial charge on any atom is -0.460 e. The molecule has 6 nitrogen and oxygen atoms in total. The van der Waals surface area contributed by atoms with E-state index in [0.29, 0.717) is 13.0 Å². The van der Waals surface area contributed by atoms with Gasteiger partial charge >= 0.3 is 5.97 Å². The molecule has 23 heavy (non-hydrogen) atoms. The Morgan fingerprint density at radius 2 is 2.04 bits per heavy atom. The van der Waals surface area contributed by atoms with Crippen LogP contribution in [0.5, 0.6) is 0 Å². The van der Waals surface area contributed by atoms with Gasteiger partial charge in [0.25, 0.3) is 0 Å². The van der Waals surface area contributed by atoms with Crippen molar-refractivity contribution in [3.05, 3.63) is 0 Å². The molecule has 4 atom stereocenters. The van der Waals surface area contributed by atoms with Crippen LogP contribution in [0.1, 0.15) is 52.9 Å². The van der Waals surface area contributed by atoms with E-state index in [1.54, 1.807) is 11.8 Å². The third-order valence-corrected chi connectivity index (χ3v) is 4.90. The summed E-state index contributed by atoms with van der Waals surface area (Å²) in [5.74, 6) is 0.343. The SMILES string of the molecule is CCCCCCS[C@@H]1O[C@@H](CNC(C)=O)C[C@@H](OC(C)=O)[C@H]1O. The van der Waals surface area contributed by atoms with Gasteiger partial charge in [0.2, 0.25) is 5.91 Å². The number of thioether (sulfide) groups is 1. The number of hydrogen-bond acceptors (Lipinski definition) is 6. The Morgan fingerprint density at radius 1 is 1.30 bits per heavy atom. The minimum absolute atomic E-state index is 0.132. The molecule has 1 amide bonds. The summed E-state index contributed by atoms with van der Waals surface area (Å²) in [4.78, 5) is 22.3. The number of carbonyl (C=O) groups is 2. The molecule has 0 aromatic heterocycles. The molecule has 1 aliphatic heterocycles. The third kappa shape index (κ3) is 8.04. The lowest BCUT2D eigenvalue weighted by Gasteiger charge is -2.38. The zero-order valence-electron chi connectivity index (χ0n) is 14.2. The number of esters is 1. The van der Waals surface area contributed by atoms with E-state index in [1.165, 1.54) is 26.7 Å². The average molecular weight is 347 g/mol. The van der Waals surface area contributed by atoms with Crippen LogP contribution in [0.25, 0.3) is 0 Å². The van der Waals surface area contributed by atoms with Crippen molar-refractivity contribution in [3.8, 4) is 0 Å². The van der Waals surface area contributed by atoms with Crippen molar-refractivity contribution in [2.24, 2.45) is 0 Å². The first-order valence-electron chi connectivity index (χ1n) is 8.30. The number of aliphatic hydroxyl groups excluding tert-OH is 1. The van der Waals surface area contributed by atoms with Crippen LogP contribution < -0.4 is 5.32 Å². The number of rotatable bonds is 9. The molecular formula is C16H29NO5S. The second-order valence-corrected chi connectivity index (χ2v) is 7.08. The molecule has 0 radical (unpaired) electrons. The van der Waals surface area contributed by atoms with Crippen LogP contribution in [0.15, 0.2) is 0 Å². The number of nitrogens with one attached hydrogen (secondary N) is 1. The van der Waals surface area contributed by atoms with Crippen molar-refractivity contribution in [1.82, 2.24) is 5.32 Å². The van der Waals surface area contributed by atoms with Crippen LogP contribution in [0.3, 0.4) is 0 Å². The lowest BCUT2D eigenvalue weighted by molar-refractivity contribution is -0.175. The first kappa shape index (κ1) is 20.3. The molecule has 0 aliphatic carbocycles. The van der Waals surface area contributed by atoms with E-state index in [0.717, 1.165) is 18.6 Å². The average Bonchev–Trinajstić information content (AvgIpc) is 2.48. The van der Waals surface area contributed by atoms with Crippen LogP contribution in [-0.2, 0) is 19.1 Å². The zero-order valence-corrected chi connectivity index (χ0v) is 15.1. The van der Waals surface area contributed by atoms with Gasteiger partial charge in [0.15, 0.2) is 0 Å². The molecule has 1 heterocycles. The predicted octanol–water partition coefficient (Wildman–Crippen LogP) is 1.84. The Hall–Kier alpha value is -0.790. The highest BCUT2D eigenvalue weighted by Gasteiger charge is 2.39. The van der Waals surface area contributed by atoms with Gasteiger partial charge in [-0.1, -0.05) is 26.2 Å². The van der Waals surface area contributed by atoms with Crippen molar-refractivity contribution >= 4 is 23.6 Å². The molecule has 1 saturated heterocycles. The molecule has 1 rings (SSSR count). The standard InChI is InChI=1S/C16H29NO5S/c1-4-5-6-7-8-23-16-15(20)14(21-12(3)19)9-13(22-16)10-17-11(2)18/h13-16,20H,4-10H2,1-3H3,(H,17,18)/t13-,14-,15-,16+/m1/s1. The Balaban J connectivity index is 2.53. The molecule has 1 fully saturated rings. The van der Waals surface area contributed by atoms with E-state index < -0.39 is 23.6 Å². The van der Waals surface area contributed by atoms with Gasteiger partial charge in [-0.25, -0.2) is 0 Å². The highest BCUT2D eigenvalue weighted by atomic mass is 32.2. The molecule has 0 bridgehead atoms. The Kier molecular flexibility index (Phi) is 9.59. The van der Waals surface area contributed by atoms with Gasteiger partial charge in [0, 0.05) is 26.8 Å². The fourth-order valence-corrected chi connectivity index (χ4v) is 3.70. The number of aliphatic hydroxyl groups is 1. The summed E-state index contributed by atoms with van der Waals surface area (Å²) in [6, 6.07) is 0. The second-order valence-electron chi connectivity index (χ2n) is 5.87. The van der Waals surface area contributed by atoms with Crippen LogP contribution >= 0.6 is 11.8 Å². The summed E-state index contributed by atoms with van der Waals surface area (Å²) in [5, 5.41) is 13.1. The lowest BCUT2D eigenvalue weighted by Crippen LogP contribution is -2.51. The van der Waals surface area contributed by atoms with E-state index in [-0.39, 0.29) is 12.0 Å². The molecule has 2 N–H and O–H groups in total. The van der Waals surface area contributed by atoms with E-state index in [1.807, 2.05) is 0 Å². The normalized spacial score (nSPS) is 27.5. The molecule has 134 valence electrons. The maximum absolute atomic E-state index is 11.2. The maximum Gasteiger partial charge on any atom is 0.302 e. The molecule has 0 unspecified atom stereocenters. The first-order chi connectivity index (χ1) is 10.9. The molecule has 1 aliphatic rings. The van der Waals surface area contributed by atoms with E-state index >= 15 is 0 Å². The van der Waals surface area contributed by atoms with Gasteiger partial charge in [0.1, 0.15) is 17.6 Å². The van der Waals surface area contributed by atoms with Gasteiger partial charge in [-0.05, 0) is 12.2 Å².